The van der Waals surface area contributed by atoms with Crippen molar-refractivity contribution in [1.29, 1.82) is 0 Å². The summed E-state index contributed by atoms with van der Waals surface area (Å²) in [5, 5.41) is 23.9. The number of benzene rings is 4. The molecule has 306 valence electrons. The maximum atomic E-state index is 12.3. The Hall–Kier alpha value is -6.42. The second-order valence-electron chi connectivity index (χ2n) is 13.0. The minimum Gasteiger partial charge on any atom is -0.579 e. The Morgan fingerprint density at radius 3 is 1.03 bits per heavy atom. The van der Waals surface area contributed by atoms with Crippen molar-refractivity contribution < 1.29 is 65.3 Å². The van der Waals surface area contributed by atoms with E-state index in [0.29, 0.717) is 58.5 Å². The van der Waals surface area contributed by atoms with Gasteiger partial charge in [0.05, 0.1) is 36.2 Å². The van der Waals surface area contributed by atoms with Gasteiger partial charge in [-0.05, 0) is 121 Å². The van der Waals surface area contributed by atoms with E-state index >= 15 is 0 Å². The predicted molar refractivity (Wildman–Crippen MR) is 218 cm³/mol. The van der Waals surface area contributed by atoms with Crippen LogP contribution in [0.3, 0.4) is 0 Å². The molecule has 4 aromatic rings. The Bertz CT molecular complexity index is 1940. The van der Waals surface area contributed by atoms with Gasteiger partial charge < -0.3 is 38.6 Å². The molecule has 2 aliphatic carbocycles. The van der Waals surface area contributed by atoms with Crippen molar-refractivity contribution in [2.24, 2.45) is 0 Å². The summed E-state index contributed by atoms with van der Waals surface area (Å²) >= 11 is 0. The molecule has 0 atom stereocenters. The summed E-state index contributed by atoms with van der Waals surface area (Å²) < 4.78 is 32.6. The molecule has 11 heteroatoms. The number of esters is 2. The average Bonchev–Trinajstić information content (AvgIpc) is 4.00. The first-order valence-electron chi connectivity index (χ1n) is 19.3. The minimum atomic E-state index is -0.490. The van der Waals surface area contributed by atoms with E-state index in [9.17, 15) is 19.8 Å². The third-order valence-corrected chi connectivity index (χ3v) is 8.50. The Labute approximate surface area is 355 Å². The number of ether oxygens (including phenoxy) is 6. The number of rotatable bonds is 18. The van der Waals surface area contributed by atoms with Crippen LogP contribution >= 0.6 is 0 Å². The van der Waals surface area contributed by atoms with Crippen LogP contribution in [0.2, 0.25) is 0 Å². The van der Waals surface area contributed by atoms with Gasteiger partial charge in [-0.3, -0.25) is 0 Å². The fourth-order valence-electron chi connectivity index (χ4n) is 5.29. The minimum absolute atomic E-state index is 0. The van der Waals surface area contributed by atoms with Gasteiger partial charge in [0, 0.05) is 11.5 Å². The van der Waals surface area contributed by atoms with E-state index in [-0.39, 0.29) is 17.1 Å². The van der Waals surface area contributed by atoms with Gasteiger partial charge in [-0.2, -0.15) is 0 Å². The molecule has 0 saturated carbocycles. The fraction of sp³-hybridized carbons (Fsp3) is 0.208. The van der Waals surface area contributed by atoms with Gasteiger partial charge in [0.1, 0.15) is 23.0 Å². The van der Waals surface area contributed by atoms with Gasteiger partial charge in [-0.15, -0.1) is 0 Å². The summed E-state index contributed by atoms with van der Waals surface area (Å²) in [5.41, 5.74) is 1.67. The fourth-order valence-corrected chi connectivity index (χ4v) is 5.29. The van der Waals surface area contributed by atoms with Crippen LogP contribution in [0.25, 0.3) is 0 Å². The predicted octanol–water partition coefficient (Wildman–Crippen LogP) is 9.10. The SMILES string of the molecule is CCCCCOc1ccc(OC(=O)c2ccc(OC([O-])=C3C=CC=C3)cc2)cc1.CCCCCOc1ccc(OC(=O)c2ccc(OC([O-])=C3C=CC=C3)cc2)cc1.[Fe+2]. The summed E-state index contributed by atoms with van der Waals surface area (Å²) in [4.78, 5) is 24.6. The van der Waals surface area contributed by atoms with Gasteiger partial charge in [0.2, 0.25) is 0 Å². The molecule has 0 saturated heterocycles. The maximum Gasteiger partial charge on any atom is 2.00 e. The first kappa shape index (κ1) is 45.3. The zero-order valence-corrected chi connectivity index (χ0v) is 34.1. The average molecular weight is 839 g/mol. The molecule has 10 nitrogen and oxygen atoms in total. The summed E-state index contributed by atoms with van der Waals surface area (Å²) in [7, 11) is 0. The van der Waals surface area contributed by atoms with Gasteiger partial charge in [-0.25, -0.2) is 9.59 Å². The topological polar surface area (TPSA) is 136 Å². The third-order valence-electron chi connectivity index (χ3n) is 8.50. The van der Waals surface area contributed by atoms with Crippen molar-refractivity contribution in [2.45, 2.75) is 52.4 Å². The third kappa shape index (κ3) is 15.1. The van der Waals surface area contributed by atoms with E-state index < -0.39 is 23.8 Å². The van der Waals surface area contributed by atoms with Crippen LogP contribution in [0.5, 0.6) is 34.5 Å². The molecule has 4 aromatic carbocycles. The maximum absolute atomic E-state index is 12.3. The van der Waals surface area contributed by atoms with Crippen LogP contribution in [0.1, 0.15) is 73.1 Å². The monoisotopic (exact) mass is 838 g/mol. The summed E-state index contributed by atoms with van der Waals surface area (Å²) in [6, 6.07) is 26.4. The van der Waals surface area contributed by atoms with Crippen LogP contribution < -0.4 is 38.6 Å². The molecular formula is C48H46FeO10. The second-order valence-corrected chi connectivity index (χ2v) is 13.0. The largest absolute Gasteiger partial charge is 2.00 e. The van der Waals surface area contributed by atoms with Crippen LogP contribution in [0.4, 0.5) is 0 Å². The normalized spacial score (nSPS) is 11.9. The van der Waals surface area contributed by atoms with E-state index in [1.54, 1.807) is 146 Å². The van der Waals surface area contributed by atoms with Crippen LogP contribution in [0.15, 0.2) is 169 Å². The van der Waals surface area contributed by atoms with Crippen molar-refractivity contribution >= 4 is 11.9 Å². The van der Waals surface area contributed by atoms with Crippen molar-refractivity contribution in [3.05, 3.63) is 180 Å². The standard InChI is InChI=1S/2C24H24O5.Fe/c2*1-2-3-6-17-27-20-13-15-22(16-14-20)29-24(26)19-9-11-21(12-10-19)28-23(25)18-7-4-5-8-18;/h2*4-5,7-16,25H,2-3,6,17H2,1H3;/q;;+2/p-2. The van der Waals surface area contributed by atoms with Gasteiger partial charge in [-0.1, -0.05) is 88.1 Å². The van der Waals surface area contributed by atoms with Gasteiger partial charge >= 0.3 is 29.0 Å². The molecule has 0 aliphatic heterocycles. The molecule has 6 rings (SSSR count). The van der Waals surface area contributed by atoms with E-state index in [0.717, 1.165) is 50.0 Å². The van der Waals surface area contributed by atoms with Gasteiger partial charge in [0.15, 0.2) is 0 Å². The molecule has 2 aliphatic rings. The Morgan fingerprint density at radius 2 is 0.712 bits per heavy atom. The quantitative estimate of drug-likeness (QED) is 0.0314. The molecule has 59 heavy (non-hydrogen) atoms. The molecule has 0 radical (unpaired) electrons. The molecule has 0 N–H and O–H groups in total. The number of allylic oxidation sites excluding steroid dienone is 10. The van der Waals surface area contributed by atoms with E-state index in [1.165, 1.54) is 0 Å². The zero-order chi connectivity index (χ0) is 41.0. The summed E-state index contributed by atoms with van der Waals surface area (Å²) in [5.74, 6) is 1.21. The summed E-state index contributed by atoms with van der Waals surface area (Å²) in [6.07, 6.45) is 20.4. The van der Waals surface area contributed by atoms with Crippen LogP contribution in [0, 0.1) is 0 Å². The zero-order valence-electron chi connectivity index (χ0n) is 32.9. The Balaban J connectivity index is 0.000000256. The van der Waals surface area contributed by atoms with Crippen LogP contribution in [-0.2, 0) is 17.1 Å². The molecule has 0 fully saturated rings. The van der Waals surface area contributed by atoms with E-state index in [1.807, 2.05) is 0 Å². The van der Waals surface area contributed by atoms with Crippen molar-refractivity contribution in [3.8, 4) is 34.5 Å². The number of unbranched alkanes of at least 4 members (excludes halogenated alkanes) is 4. The van der Waals surface area contributed by atoms with Crippen molar-refractivity contribution in [2.75, 3.05) is 13.2 Å². The van der Waals surface area contributed by atoms with Crippen LogP contribution in [-0.4, -0.2) is 25.2 Å². The molecule has 0 heterocycles. The molecule has 0 aromatic heterocycles. The molecule has 0 bridgehead atoms. The smallest absolute Gasteiger partial charge is 0.579 e. The Kier molecular flexibility index (Phi) is 18.7. The number of hydrogen-bond acceptors (Lipinski definition) is 10. The molecule has 0 unspecified atom stereocenters. The first-order chi connectivity index (χ1) is 28.3. The van der Waals surface area contributed by atoms with Crippen molar-refractivity contribution in [3.63, 3.8) is 0 Å². The molecular weight excluding hydrogens is 792 g/mol. The van der Waals surface area contributed by atoms with E-state index in [2.05, 4.69) is 13.8 Å². The molecule has 0 spiro atoms. The number of hydrogen-bond donors (Lipinski definition) is 0. The first-order valence-corrected chi connectivity index (χ1v) is 19.3. The Morgan fingerprint density at radius 1 is 0.424 bits per heavy atom. The second kappa shape index (κ2) is 24.4. The van der Waals surface area contributed by atoms with Crippen molar-refractivity contribution in [1.82, 2.24) is 0 Å². The molecule has 0 amide bonds. The summed E-state index contributed by atoms with van der Waals surface area (Å²) in [6.45, 7) is 5.65. The number of carbonyl (C=O) groups excluding carboxylic acids is 2. The number of carbonyl (C=O) groups is 2. The van der Waals surface area contributed by atoms with Gasteiger partial charge in [0.25, 0.3) is 0 Å². The van der Waals surface area contributed by atoms with E-state index in [4.69, 9.17) is 28.4 Å².